The number of allylic oxidation sites excluding steroid dienone is 1. The fraction of sp³-hybridized carbons (Fsp3) is 0.800. The smallest absolute Gasteiger partial charge is 0.0574 e. The molecular formula is C10H20O. The number of rotatable bonds is 5. The van der Waals surface area contributed by atoms with Crippen LogP contribution in [0, 0.1) is 5.92 Å². The van der Waals surface area contributed by atoms with Crippen LogP contribution in [0.25, 0.3) is 0 Å². The van der Waals surface area contributed by atoms with Crippen molar-refractivity contribution in [3.8, 4) is 0 Å². The monoisotopic (exact) mass is 156 g/mol. The van der Waals surface area contributed by atoms with Crippen LogP contribution >= 0.6 is 0 Å². The predicted molar refractivity (Wildman–Crippen MR) is 49.7 cm³/mol. The highest BCUT2D eigenvalue weighted by Crippen LogP contribution is 2.17. The zero-order valence-electron chi connectivity index (χ0n) is 8.18. The molecule has 2 atom stereocenters. The molecule has 0 unspecified atom stereocenters. The minimum Gasteiger partial charge on any atom is -0.381 e. The number of methoxy groups -OCH3 is 1. The van der Waals surface area contributed by atoms with Crippen LogP contribution in [0.2, 0.25) is 0 Å². The Labute approximate surface area is 70.4 Å². The van der Waals surface area contributed by atoms with Crippen LogP contribution in [-0.4, -0.2) is 13.2 Å². The van der Waals surface area contributed by atoms with Gasteiger partial charge in [-0.05, 0) is 25.7 Å². The van der Waals surface area contributed by atoms with Crippen molar-refractivity contribution in [3.63, 3.8) is 0 Å². The number of hydrogen-bond donors (Lipinski definition) is 0. The largest absolute Gasteiger partial charge is 0.381 e. The quantitative estimate of drug-likeness (QED) is 0.556. The van der Waals surface area contributed by atoms with Crippen molar-refractivity contribution >= 4 is 0 Å². The summed E-state index contributed by atoms with van der Waals surface area (Å²) in [6.07, 6.45) is 2.60. The number of ether oxygens (including phenoxy) is 1. The molecule has 0 aliphatic heterocycles. The van der Waals surface area contributed by atoms with E-state index in [9.17, 15) is 0 Å². The second-order valence-electron chi connectivity index (χ2n) is 3.25. The van der Waals surface area contributed by atoms with Gasteiger partial charge in [0.2, 0.25) is 0 Å². The highest BCUT2D eigenvalue weighted by Gasteiger charge is 2.10. The summed E-state index contributed by atoms with van der Waals surface area (Å²) in [5, 5.41) is 0. The van der Waals surface area contributed by atoms with Crippen molar-refractivity contribution in [2.24, 2.45) is 5.92 Å². The van der Waals surface area contributed by atoms with Gasteiger partial charge in [0.05, 0.1) is 6.10 Å². The van der Waals surface area contributed by atoms with Crippen LogP contribution in [0.15, 0.2) is 12.2 Å². The van der Waals surface area contributed by atoms with Gasteiger partial charge in [0.25, 0.3) is 0 Å². The maximum absolute atomic E-state index is 5.28. The molecular weight excluding hydrogens is 136 g/mol. The van der Waals surface area contributed by atoms with E-state index in [1.165, 1.54) is 5.57 Å². The third-order valence-electron chi connectivity index (χ3n) is 2.25. The molecule has 0 saturated carbocycles. The predicted octanol–water partition coefficient (Wildman–Crippen LogP) is 3.01. The maximum Gasteiger partial charge on any atom is 0.0574 e. The summed E-state index contributed by atoms with van der Waals surface area (Å²) < 4.78 is 5.28. The topological polar surface area (TPSA) is 9.23 Å². The van der Waals surface area contributed by atoms with Gasteiger partial charge in [0.15, 0.2) is 0 Å². The van der Waals surface area contributed by atoms with Gasteiger partial charge in [-0.25, -0.2) is 0 Å². The Balaban J connectivity index is 3.71. The third kappa shape index (κ3) is 4.20. The zero-order valence-corrected chi connectivity index (χ0v) is 8.18. The normalized spacial score (nSPS) is 16.0. The highest BCUT2D eigenvalue weighted by molar-refractivity contribution is 4.94. The van der Waals surface area contributed by atoms with Crippen LogP contribution in [0.1, 0.15) is 33.6 Å². The summed E-state index contributed by atoms with van der Waals surface area (Å²) in [5.41, 5.74) is 1.25. The van der Waals surface area contributed by atoms with Gasteiger partial charge in [-0.2, -0.15) is 0 Å². The molecule has 11 heavy (non-hydrogen) atoms. The van der Waals surface area contributed by atoms with Crippen molar-refractivity contribution in [2.75, 3.05) is 7.11 Å². The average Bonchev–Trinajstić information content (AvgIpc) is 1.99. The van der Waals surface area contributed by atoms with E-state index in [1.807, 2.05) is 0 Å². The fourth-order valence-electron chi connectivity index (χ4n) is 1.03. The van der Waals surface area contributed by atoms with Crippen molar-refractivity contribution in [2.45, 2.75) is 39.7 Å². The summed E-state index contributed by atoms with van der Waals surface area (Å²) >= 11 is 0. The molecule has 0 heterocycles. The molecule has 0 spiro atoms. The summed E-state index contributed by atoms with van der Waals surface area (Å²) in [7, 11) is 1.78. The Morgan fingerprint density at radius 1 is 1.55 bits per heavy atom. The van der Waals surface area contributed by atoms with E-state index in [0.717, 1.165) is 12.8 Å². The first-order valence-corrected chi connectivity index (χ1v) is 4.30. The van der Waals surface area contributed by atoms with Crippen LogP contribution < -0.4 is 0 Å². The maximum atomic E-state index is 5.28. The SMILES string of the molecule is C=C(C)[C@@H](C)C[C@@H](CC)OC. The molecule has 0 N–H and O–H groups in total. The van der Waals surface area contributed by atoms with Gasteiger partial charge < -0.3 is 4.74 Å². The van der Waals surface area contributed by atoms with E-state index < -0.39 is 0 Å². The molecule has 1 nitrogen and oxygen atoms in total. The van der Waals surface area contributed by atoms with E-state index in [2.05, 4.69) is 27.4 Å². The molecule has 0 aromatic heterocycles. The lowest BCUT2D eigenvalue weighted by Gasteiger charge is -2.18. The van der Waals surface area contributed by atoms with Crippen molar-refractivity contribution in [1.82, 2.24) is 0 Å². The molecule has 0 rings (SSSR count). The van der Waals surface area contributed by atoms with Gasteiger partial charge in [0, 0.05) is 7.11 Å². The molecule has 0 saturated heterocycles. The van der Waals surface area contributed by atoms with Crippen LogP contribution in [0.3, 0.4) is 0 Å². The van der Waals surface area contributed by atoms with E-state index in [-0.39, 0.29) is 0 Å². The Hall–Kier alpha value is -0.300. The van der Waals surface area contributed by atoms with E-state index >= 15 is 0 Å². The third-order valence-corrected chi connectivity index (χ3v) is 2.25. The van der Waals surface area contributed by atoms with Crippen molar-refractivity contribution < 1.29 is 4.74 Å². The van der Waals surface area contributed by atoms with Crippen LogP contribution in [-0.2, 0) is 4.74 Å². The zero-order chi connectivity index (χ0) is 8.85. The molecule has 0 aromatic rings. The molecule has 0 aliphatic rings. The molecule has 1 heteroatoms. The summed E-state index contributed by atoms with van der Waals surface area (Å²) in [6.45, 7) is 10.3. The van der Waals surface area contributed by atoms with Gasteiger partial charge in [0.1, 0.15) is 0 Å². The lowest BCUT2D eigenvalue weighted by molar-refractivity contribution is 0.0833. The van der Waals surface area contributed by atoms with Crippen LogP contribution in [0.4, 0.5) is 0 Å². The molecule has 0 bridgehead atoms. The summed E-state index contributed by atoms with van der Waals surface area (Å²) in [5.74, 6) is 0.583. The molecule has 0 radical (unpaired) electrons. The number of hydrogen-bond acceptors (Lipinski definition) is 1. The second kappa shape index (κ2) is 5.36. The van der Waals surface area contributed by atoms with Gasteiger partial charge in [-0.15, -0.1) is 0 Å². The van der Waals surface area contributed by atoms with Crippen molar-refractivity contribution in [3.05, 3.63) is 12.2 Å². The molecule has 0 aromatic carbocycles. The Kier molecular flexibility index (Phi) is 5.22. The van der Waals surface area contributed by atoms with E-state index in [1.54, 1.807) is 7.11 Å². The Morgan fingerprint density at radius 2 is 2.09 bits per heavy atom. The second-order valence-corrected chi connectivity index (χ2v) is 3.25. The average molecular weight is 156 g/mol. The van der Waals surface area contributed by atoms with Gasteiger partial charge >= 0.3 is 0 Å². The first-order valence-electron chi connectivity index (χ1n) is 4.30. The van der Waals surface area contributed by atoms with E-state index in [0.29, 0.717) is 12.0 Å². The molecule has 66 valence electrons. The Bertz CT molecular complexity index is 114. The molecule has 0 fully saturated rings. The minimum atomic E-state index is 0.404. The lowest BCUT2D eigenvalue weighted by atomic mass is 9.96. The Morgan fingerprint density at radius 3 is 2.36 bits per heavy atom. The summed E-state index contributed by atoms with van der Waals surface area (Å²) in [6, 6.07) is 0. The first-order chi connectivity index (χ1) is 5.11. The van der Waals surface area contributed by atoms with Crippen molar-refractivity contribution in [1.29, 1.82) is 0 Å². The standard InChI is InChI=1S/C10H20O/c1-6-10(11-5)7-9(4)8(2)3/h9-10H,2,6-7H2,1,3-5H3/t9-,10+/m0/s1. The first kappa shape index (κ1) is 10.7. The van der Waals surface area contributed by atoms with Crippen LogP contribution in [0.5, 0.6) is 0 Å². The van der Waals surface area contributed by atoms with Gasteiger partial charge in [-0.1, -0.05) is 26.0 Å². The lowest BCUT2D eigenvalue weighted by Crippen LogP contribution is -2.13. The van der Waals surface area contributed by atoms with Gasteiger partial charge in [-0.3, -0.25) is 0 Å². The van der Waals surface area contributed by atoms with E-state index in [4.69, 9.17) is 4.74 Å². The molecule has 0 aliphatic carbocycles. The fourth-order valence-corrected chi connectivity index (χ4v) is 1.03. The minimum absolute atomic E-state index is 0.404. The highest BCUT2D eigenvalue weighted by atomic mass is 16.5. The summed E-state index contributed by atoms with van der Waals surface area (Å²) in [4.78, 5) is 0. The molecule has 0 amide bonds.